The van der Waals surface area contributed by atoms with Gasteiger partial charge in [-0.25, -0.2) is 28.5 Å². The molecule has 0 amide bonds. The Morgan fingerprint density at radius 3 is 1.52 bits per heavy atom. The van der Waals surface area contributed by atoms with Gasteiger partial charge in [-0.2, -0.15) is 19.0 Å². The molecule has 546 valence electrons. The summed E-state index contributed by atoms with van der Waals surface area (Å²) in [6, 6.07) is 10.8. The summed E-state index contributed by atoms with van der Waals surface area (Å²) < 4.78 is 61.8. The van der Waals surface area contributed by atoms with Crippen LogP contribution in [0.15, 0.2) is 116 Å². The van der Waals surface area contributed by atoms with Gasteiger partial charge in [0, 0.05) is 155 Å². The molecule has 3 saturated carbocycles. The summed E-state index contributed by atoms with van der Waals surface area (Å²) >= 11 is 0. The highest BCUT2D eigenvalue weighted by molar-refractivity contribution is 8.00. The molecule has 102 heavy (non-hydrogen) atoms. The smallest absolute Gasteiger partial charge is 0.345 e. The lowest BCUT2D eigenvalue weighted by atomic mass is 9.81. The molecule has 0 spiro atoms. The van der Waals surface area contributed by atoms with Crippen LogP contribution in [0, 0.1) is 12.8 Å². The lowest BCUT2D eigenvalue weighted by Gasteiger charge is -2.25. The number of ether oxygens (including phenoxy) is 3. The van der Waals surface area contributed by atoms with Crippen molar-refractivity contribution in [3.8, 4) is 33.4 Å². The summed E-state index contributed by atoms with van der Waals surface area (Å²) in [7, 11) is 3.45. The second kappa shape index (κ2) is 32.9. The number of nitrogens with one attached hydrogen (secondary N) is 3. The van der Waals surface area contributed by atoms with Crippen LogP contribution < -0.4 is 16.0 Å². The van der Waals surface area contributed by atoms with Gasteiger partial charge in [0.15, 0.2) is 0 Å². The zero-order valence-corrected chi connectivity index (χ0v) is 60.9. The van der Waals surface area contributed by atoms with Crippen LogP contribution in [-0.2, 0) is 30.3 Å². The molecule has 1 saturated heterocycles. The van der Waals surface area contributed by atoms with Crippen LogP contribution in [0.3, 0.4) is 0 Å². The van der Waals surface area contributed by atoms with Gasteiger partial charge in [-0.15, -0.1) is 15.3 Å². The molecular formula is C75H100F2N18O6S. The fraction of sp³-hybridized carbons (Fsp3) is 0.520. The van der Waals surface area contributed by atoms with E-state index in [1.807, 2.05) is 98.8 Å². The number of alkyl halides is 2. The first-order chi connectivity index (χ1) is 49.1. The zero-order chi connectivity index (χ0) is 71.8. The summed E-state index contributed by atoms with van der Waals surface area (Å²) in [4.78, 5) is 20.1. The lowest BCUT2D eigenvalue weighted by Crippen LogP contribution is -2.25. The first kappa shape index (κ1) is 73.3. The Balaban J connectivity index is 0.000000145. The number of likely N-dealkylation sites (N-methyl/N-ethyl adjacent to an activating group) is 1. The standard InChI is InChI=1S/C27H35N7O2.C25H36N6O3S.C23H29F2N5O/c1-18(17-36-4)30-27-28-13-26-24(11-25(34(26)31-27)21-7-9-23(35)10-8-21)22-12-29-33(16-22)15-20-6-5-19(2)32(3)14-20;1-17(16-34-2)28-25-26-14-24-22(12-23(31(24)29-25)18-4-6-21(32)7-5-18)19-13-27-30(15-19)20-8-10-35(3,33)11-9-20;1-14-4-7-17(8-5-14)20-10-19(18-9-6-15(2)26-11-18)21-12-27-23(29-30(20)21)28-16(3)13-31-22(24)25/h5-6,11-14,16,18,21,23,35H,2,7-10,15,17H2,1,3-4H3,(H,30,31);12-15,17-18,20-21,32H,3-11,16H2,1-2H3,(H,28,29);6,9-12,14,16-17,22H,4-5,7-8,13H2,1-3H3,(H,28,29)/t18-,21?,23?;17-,18?,20?,21?,35?;14?,16-,17?/m000/s1. The van der Waals surface area contributed by atoms with Crippen LogP contribution in [0.5, 0.6) is 0 Å². The zero-order valence-electron chi connectivity index (χ0n) is 60.0. The van der Waals surface area contributed by atoms with Crippen molar-refractivity contribution in [1.82, 2.24) is 73.2 Å². The van der Waals surface area contributed by atoms with Crippen LogP contribution in [0.1, 0.15) is 164 Å². The highest BCUT2D eigenvalue weighted by Gasteiger charge is 2.31. The Bertz CT molecular complexity index is 4470. The van der Waals surface area contributed by atoms with Gasteiger partial charge in [-0.1, -0.05) is 38.5 Å². The number of nitrogens with zero attached hydrogens (tertiary/aromatic N) is 15. The molecule has 2 aliphatic heterocycles. The average Bonchev–Trinajstić information content (AvgIpc) is 1.63. The molecule has 27 heteroatoms. The van der Waals surface area contributed by atoms with Gasteiger partial charge in [-0.05, 0) is 162 Å². The molecule has 24 nitrogen and oxygen atoms in total. The van der Waals surface area contributed by atoms with Crippen molar-refractivity contribution in [1.29, 1.82) is 0 Å². The number of pyridine rings is 1. The molecule has 5 aliphatic rings. The third-order valence-corrected chi connectivity index (χ3v) is 22.4. The van der Waals surface area contributed by atoms with Gasteiger partial charge in [0.1, 0.15) is 0 Å². The van der Waals surface area contributed by atoms with Crippen LogP contribution in [-0.4, -0.2) is 183 Å². The molecule has 0 unspecified atom stereocenters. The number of allylic oxidation sites excluding steroid dienone is 3. The fourth-order valence-corrected chi connectivity index (χ4v) is 16.3. The van der Waals surface area contributed by atoms with E-state index in [0.29, 0.717) is 66.9 Å². The van der Waals surface area contributed by atoms with Crippen LogP contribution in [0.25, 0.3) is 49.9 Å². The number of fused-ring (bicyclic) bond motifs is 3. The second-order valence-corrected chi connectivity index (χ2v) is 31.5. The molecule has 11 heterocycles. The number of aliphatic hydroxyl groups excluding tert-OH is 2. The summed E-state index contributed by atoms with van der Waals surface area (Å²) in [5, 5.41) is 53.6. The molecular weight excluding hydrogens is 1320 g/mol. The number of anilines is 3. The van der Waals surface area contributed by atoms with Crippen LogP contribution >= 0.6 is 0 Å². The van der Waals surface area contributed by atoms with Crippen molar-refractivity contribution in [2.45, 2.75) is 192 Å². The number of aryl methyl sites for hydroxylation is 1. The first-order valence-corrected chi connectivity index (χ1v) is 38.0. The Morgan fingerprint density at radius 2 is 1.06 bits per heavy atom. The van der Waals surface area contributed by atoms with Crippen molar-refractivity contribution < 1.29 is 37.4 Å². The minimum Gasteiger partial charge on any atom is -0.393 e. The molecule has 9 aromatic heterocycles. The third-order valence-electron chi connectivity index (χ3n) is 20.5. The van der Waals surface area contributed by atoms with Gasteiger partial charge in [0.2, 0.25) is 17.8 Å². The van der Waals surface area contributed by atoms with Crippen LogP contribution in [0.4, 0.5) is 26.6 Å². The number of hydrogen-bond acceptors (Lipinski definition) is 19. The Kier molecular flexibility index (Phi) is 23.6. The Morgan fingerprint density at radius 1 is 0.598 bits per heavy atom. The molecule has 3 aliphatic carbocycles. The number of aromatic nitrogens is 14. The van der Waals surface area contributed by atoms with Gasteiger partial charge >= 0.3 is 6.61 Å². The SMILES string of the molecule is C=C1C=CC(Cn2cc(-c3cc(C4CCC(O)CC4)n4nc(N[C@@H](C)COC)ncc34)cn2)=CN1C.C=S1(=O)CCC(n2cc(-c3cc(C4CCC(O)CC4)n4nc(N[C@@H](C)COC)ncc34)cn2)CC1.Cc1ccc(-c2cc(C3CCC(C)CC3)n3nc(N[C@@H](C)COC(F)F)ncc23)cn1. The van der Waals surface area contributed by atoms with Gasteiger partial charge in [0.05, 0.1) is 92.1 Å². The van der Waals surface area contributed by atoms with Crippen LogP contribution in [0.2, 0.25) is 0 Å². The second-order valence-electron chi connectivity index (χ2n) is 28.8. The van der Waals surface area contributed by atoms with Crippen molar-refractivity contribution >= 4 is 49.8 Å². The predicted molar refractivity (Wildman–Crippen MR) is 397 cm³/mol. The van der Waals surface area contributed by atoms with Gasteiger partial charge in [0.25, 0.3) is 0 Å². The fourth-order valence-electron chi connectivity index (χ4n) is 14.7. The quantitative estimate of drug-likeness (QED) is 0.0395. The van der Waals surface area contributed by atoms with Gasteiger partial charge in [-0.3, -0.25) is 18.6 Å². The lowest BCUT2D eigenvalue weighted by molar-refractivity contribution is -0.130. The van der Waals surface area contributed by atoms with E-state index in [1.165, 1.54) is 18.5 Å². The van der Waals surface area contributed by atoms with E-state index in [-0.39, 0.29) is 43.0 Å². The molecule has 0 bridgehead atoms. The summed E-state index contributed by atoms with van der Waals surface area (Å²) in [6.45, 7) is 13.0. The van der Waals surface area contributed by atoms with E-state index in [2.05, 4.69) is 119 Å². The minimum atomic E-state index is -2.79. The first-order valence-electron chi connectivity index (χ1n) is 36.0. The highest BCUT2D eigenvalue weighted by atomic mass is 32.2. The predicted octanol–water partition coefficient (Wildman–Crippen LogP) is 12.5. The maximum Gasteiger partial charge on any atom is 0.345 e. The molecule has 0 aromatic carbocycles. The van der Waals surface area contributed by atoms with E-state index >= 15 is 0 Å². The van der Waals surface area contributed by atoms with E-state index < -0.39 is 16.1 Å². The largest absolute Gasteiger partial charge is 0.393 e. The van der Waals surface area contributed by atoms with Crippen molar-refractivity contribution in [3.05, 3.63) is 139 Å². The van der Waals surface area contributed by atoms with Gasteiger partial charge < -0.3 is 45.3 Å². The monoisotopic (exact) mass is 1420 g/mol. The highest BCUT2D eigenvalue weighted by Crippen LogP contribution is 2.42. The maximum atomic E-state index is 12.3. The topological polar surface area (TPSA) is 264 Å². The summed E-state index contributed by atoms with van der Waals surface area (Å²) in [5.74, 6) is 8.59. The van der Waals surface area contributed by atoms with Crippen molar-refractivity contribution in [2.75, 3.05) is 68.5 Å². The number of methoxy groups -OCH3 is 2. The normalized spacial score (nSPS) is 23.3. The summed E-state index contributed by atoms with van der Waals surface area (Å²) in [5.41, 5.74) is 15.7. The molecule has 4 fully saturated rings. The molecule has 5 N–H and O–H groups in total. The maximum absolute atomic E-state index is 12.3. The number of halogens is 2. The van der Waals surface area contributed by atoms with E-state index in [0.717, 1.165) is 161 Å². The van der Waals surface area contributed by atoms with E-state index in [9.17, 15) is 23.2 Å². The molecule has 0 radical (unpaired) electrons. The van der Waals surface area contributed by atoms with E-state index in [1.54, 1.807) is 27.3 Å². The molecule has 3 atom stereocenters. The van der Waals surface area contributed by atoms with E-state index in [4.69, 9.17) is 24.8 Å². The van der Waals surface area contributed by atoms with Crippen molar-refractivity contribution in [3.63, 3.8) is 0 Å². The number of rotatable bonds is 22. The van der Waals surface area contributed by atoms with Crippen molar-refractivity contribution in [2.24, 2.45) is 5.92 Å². The third kappa shape index (κ3) is 17.9. The molecule has 9 aromatic rings. The number of hydrogen-bond donors (Lipinski definition) is 5. The molecule has 14 rings (SSSR count). The minimum absolute atomic E-state index is 0.0856. The summed E-state index contributed by atoms with van der Waals surface area (Å²) in [6.07, 6.45) is 34.6. The Hall–Kier alpha value is -8.47. The average molecular weight is 1420 g/mol. The Labute approximate surface area is 596 Å². The number of aliphatic hydroxyl groups is 2.